The van der Waals surface area contributed by atoms with Crippen molar-refractivity contribution in [3.8, 4) is 5.75 Å². The summed E-state index contributed by atoms with van der Waals surface area (Å²) in [5, 5.41) is 3.48. The van der Waals surface area contributed by atoms with E-state index in [4.69, 9.17) is 9.47 Å². The third-order valence-corrected chi connectivity index (χ3v) is 5.25. The van der Waals surface area contributed by atoms with Crippen LogP contribution in [-0.2, 0) is 11.3 Å². The lowest BCUT2D eigenvalue weighted by molar-refractivity contribution is -0.138. The molecule has 0 heterocycles. The highest BCUT2D eigenvalue weighted by Gasteiger charge is 2.56. The summed E-state index contributed by atoms with van der Waals surface area (Å²) in [4.78, 5) is 0. The summed E-state index contributed by atoms with van der Waals surface area (Å²) in [7, 11) is 3.79. The molecule has 20 heavy (non-hydrogen) atoms. The van der Waals surface area contributed by atoms with Crippen molar-refractivity contribution in [1.29, 1.82) is 0 Å². The van der Waals surface area contributed by atoms with Crippen LogP contribution in [0.1, 0.15) is 37.7 Å². The van der Waals surface area contributed by atoms with Gasteiger partial charge in [-0.05, 0) is 44.0 Å². The Balaban J connectivity index is 1.61. The van der Waals surface area contributed by atoms with E-state index in [1.165, 1.54) is 31.2 Å². The lowest BCUT2D eigenvalue weighted by Crippen LogP contribution is -2.61. The van der Waals surface area contributed by atoms with E-state index < -0.39 is 0 Å². The molecule has 1 spiro atoms. The van der Waals surface area contributed by atoms with Crippen molar-refractivity contribution < 1.29 is 9.47 Å². The van der Waals surface area contributed by atoms with Crippen LogP contribution in [-0.4, -0.2) is 26.3 Å². The van der Waals surface area contributed by atoms with Gasteiger partial charge in [0.1, 0.15) is 5.75 Å². The minimum atomic E-state index is 0.410. The van der Waals surface area contributed by atoms with E-state index in [9.17, 15) is 0 Å². The topological polar surface area (TPSA) is 30.5 Å². The minimum absolute atomic E-state index is 0.410. The molecule has 3 heteroatoms. The summed E-state index contributed by atoms with van der Waals surface area (Å²) in [6.07, 6.45) is 6.94. The zero-order chi connectivity index (χ0) is 14.0. The first-order valence-electron chi connectivity index (χ1n) is 7.70. The molecular formula is C17H25NO2. The zero-order valence-electron chi connectivity index (χ0n) is 12.5. The fourth-order valence-electron chi connectivity index (χ4n) is 4.05. The Morgan fingerprint density at radius 3 is 2.80 bits per heavy atom. The van der Waals surface area contributed by atoms with E-state index in [0.717, 1.165) is 12.2 Å². The maximum Gasteiger partial charge on any atom is 0.119 e. The molecule has 2 aliphatic carbocycles. The Hall–Kier alpha value is -1.06. The number of hydrogen-bond acceptors (Lipinski definition) is 3. The summed E-state index contributed by atoms with van der Waals surface area (Å²) < 4.78 is 11.5. The molecule has 3 rings (SSSR count). The molecular weight excluding hydrogens is 250 g/mol. The zero-order valence-corrected chi connectivity index (χ0v) is 12.5. The van der Waals surface area contributed by atoms with Crippen LogP contribution in [0.25, 0.3) is 0 Å². The standard InChI is InChI=1S/C17H25NO2/c1-18-15-11-16(17(15)8-3-4-9-17)20-12-13-6-5-7-14(10-13)19-2/h5-7,10,15-16,18H,3-4,8-9,11-12H2,1-2H3. The first-order valence-corrected chi connectivity index (χ1v) is 7.70. The van der Waals surface area contributed by atoms with Crippen molar-refractivity contribution in [2.45, 2.75) is 50.9 Å². The van der Waals surface area contributed by atoms with Gasteiger partial charge in [0.2, 0.25) is 0 Å². The average molecular weight is 275 g/mol. The summed E-state index contributed by atoms with van der Waals surface area (Å²) in [5.74, 6) is 0.906. The first kappa shape index (κ1) is 13.9. The lowest BCUT2D eigenvalue weighted by Gasteiger charge is -2.54. The maximum atomic E-state index is 6.24. The molecule has 2 saturated carbocycles. The van der Waals surface area contributed by atoms with Crippen LogP contribution in [0.5, 0.6) is 5.75 Å². The second-order valence-corrected chi connectivity index (χ2v) is 6.17. The van der Waals surface area contributed by atoms with E-state index in [1.54, 1.807) is 7.11 Å². The van der Waals surface area contributed by atoms with Crippen molar-refractivity contribution in [2.75, 3.05) is 14.2 Å². The van der Waals surface area contributed by atoms with E-state index >= 15 is 0 Å². The molecule has 2 fully saturated rings. The van der Waals surface area contributed by atoms with E-state index in [-0.39, 0.29) is 0 Å². The number of nitrogens with one attached hydrogen (secondary N) is 1. The van der Waals surface area contributed by atoms with Crippen LogP contribution in [0.2, 0.25) is 0 Å². The smallest absolute Gasteiger partial charge is 0.119 e. The van der Waals surface area contributed by atoms with Gasteiger partial charge in [0.05, 0.1) is 19.8 Å². The largest absolute Gasteiger partial charge is 0.497 e. The van der Waals surface area contributed by atoms with Gasteiger partial charge in [-0.3, -0.25) is 0 Å². The predicted molar refractivity (Wildman–Crippen MR) is 79.9 cm³/mol. The first-order chi connectivity index (χ1) is 9.78. The van der Waals surface area contributed by atoms with Crippen molar-refractivity contribution in [3.63, 3.8) is 0 Å². The van der Waals surface area contributed by atoms with Crippen LogP contribution >= 0.6 is 0 Å². The second kappa shape index (κ2) is 5.74. The molecule has 0 amide bonds. The Bertz CT molecular complexity index is 454. The van der Waals surface area contributed by atoms with Crippen molar-refractivity contribution in [3.05, 3.63) is 29.8 Å². The fraction of sp³-hybridized carbons (Fsp3) is 0.647. The number of rotatable bonds is 5. The van der Waals surface area contributed by atoms with Gasteiger partial charge in [-0.1, -0.05) is 25.0 Å². The SMILES string of the molecule is CNC1CC(OCc2cccc(OC)c2)C12CCCC2. The molecule has 0 radical (unpaired) electrons. The van der Waals surface area contributed by atoms with Crippen LogP contribution in [0.3, 0.4) is 0 Å². The summed E-state index contributed by atoms with van der Waals surface area (Å²) >= 11 is 0. The van der Waals surface area contributed by atoms with Crippen molar-refractivity contribution >= 4 is 0 Å². The van der Waals surface area contributed by atoms with Crippen LogP contribution in [0.15, 0.2) is 24.3 Å². The summed E-state index contributed by atoms with van der Waals surface area (Å²) in [6, 6.07) is 8.83. The van der Waals surface area contributed by atoms with Gasteiger partial charge in [-0.2, -0.15) is 0 Å². The predicted octanol–water partition coefficient (Wildman–Crippen LogP) is 3.13. The molecule has 1 aromatic rings. The van der Waals surface area contributed by atoms with Gasteiger partial charge in [0.15, 0.2) is 0 Å². The van der Waals surface area contributed by atoms with Gasteiger partial charge in [-0.25, -0.2) is 0 Å². The lowest BCUT2D eigenvalue weighted by atomic mass is 9.60. The van der Waals surface area contributed by atoms with E-state index in [1.807, 2.05) is 12.1 Å². The van der Waals surface area contributed by atoms with Gasteiger partial charge >= 0.3 is 0 Å². The van der Waals surface area contributed by atoms with Crippen molar-refractivity contribution in [2.24, 2.45) is 5.41 Å². The second-order valence-electron chi connectivity index (χ2n) is 6.17. The van der Waals surface area contributed by atoms with Crippen LogP contribution < -0.4 is 10.1 Å². The Morgan fingerprint density at radius 2 is 2.10 bits per heavy atom. The Labute approximate surface area is 121 Å². The van der Waals surface area contributed by atoms with Crippen LogP contribution in [0.4, 0.5) is 0 Å². The molecule has 2 unspecified atom stereocenters. The minimum Gasteiger partial charge on any atom is -0.497 e. The molecule has 1 aromatic carbocycles. The molecule has 0 bridgehead atoms. The quantitative estimate of drug-likeness (QED) is 0.895. The third-order valence-electron chi connectivity index (χ3n) is 5.25. The molecule has 1 N–H and O–H groups in total. The van der Waals surface area contributed by atoms with Gasteiger partial charge in [-0.15, -0.1) is 0 Å². The highest BCUT2D eigenvalue weighted by Crippen LogP contribution is 2.54. The van der Waals surface area contributed by atoms with Crippen molar-refractivity contribution in [1.82, 2.24) is 5.32 Å². The molecule has 2 atom stereocenters. The number of methoxy groups -OCH3 is 1. The number of hydrogen-bond donors (Lipinski definition) is 1. The third kappa shape index (κ3) is 2.33. The molecule has 0 saturated heterocycles. The van der Waals surface area contributed by atoms with E-state index in [2.05, 4.69) is 24.5 Å². The van der Waals surface area contributed by atoms with Gasteiger partial charge in [0.25, 0.3) is 0 Å². The molecule has 0 aromatic heterocycles. The summed E-state index contributed by atoms with van der Waals surface area (Å²) in [6.45, 7) is 0.694. The highest BCUT2D eigenvalue weighted by molar-refractivity contribution is 5.28. The van der Waals surface area contributed by atoms with Crippen LogP contribution in [0, 0.1) is 5.41 Å². The monoisotopic (exact) mass is 275 g/mol. The maximum absolute atomic E-state index is 6.24. The Kier molecular flexibility index (Phi) is 3.99. The summed E-state index contributed by atoms with van der Waals surface area (Å²) in [5.41, 5.74) is 1.61. The molecule has 3 nitrogen and oxygen atoms in total. The number of benzene rings is 1. The number of ether oxygens (including phenoxy) is 2. The normalized spacial score (nSPS) is 27.5. The highest BCUT2D eigenvalue weighted by atomic mass is 16.5. The van der Waals surface area contributed by atoms with E-state index in [0.29, 0.717) is 24.2 Å². The van der Waals surface area contributed by atoms with Gasteiger partial charge in [0, 0.05) is 11.5 Å². The molecule has 2 aliphatic rings. The Morgan fingerprint density at radius 1 is 1.30 bits per heavy atom. The molecule has 110 valence electrons. The fourth-order valence-corrected chi connectivity index (χ4v) is 4.05. The molecule has 0 aliphatic heterocycles. The average Bonchev–Trinajstić information content (AvgIpc) is 2.99. The van der Waals surface area contributed by atoms with Gasteiger partial charge < -0.3 is 14.8 Å².